The molecule has 1 aromatic rings. The lowest BCUT2D eigenvalue weighted by Gasteiger charge is -2.19. The minimum atomic E-state index is -3.51. The summed E-state index contributed by atoms with van der Waals surface area (Å²) < 4.78 is 32.3. The van der Waals surface area contributed by atoms with Crippen LogP contribution < -0.4 is 5.32 Å². The molecule has 0 amide bonds. The number of hydrogen-bond donors (Lipinski definition) is 1. The number of hydrogen-bond acceptors (Lipinski definition) is 4. The monoisotopic (exact) mass is 378 g/mol. The smallest absolute Gasteiger partial charge is 0.243 e. The van der Waals surface area contributed by atoms with Crippen LogP contribution in [-0.4, -0.2) is 47.1 Å². The topological polar surface area (TPSA) is 58.6 Å². The van der Waals surface area contributed by atoms with Crippen LogP contribution in [0.2, 0.25) is 0 Å². The zero-order valence-corrected chi connectivity index (χ0v) is 15.3. The fourth-order valence-electron chi connectivity index (χ4n) is 2.02. The van der Waals surface area contributed by atoms with Gasteiger partial charge in [0.15, 0.2) is 0 Å². The quantitative estimate of drug-likeness (QED) is 0.703. The molecule has 0 aliphatic heterocycles. The maximum atomic E-state index is 12.7. The van der Waals surface area contributed by atoms with E-state index in [2.05, 4.69) is 21.2 Å². The van der Waals surface area contributed by atoms with Crippen LogP contribution in [0.3, 0.4) is 0 Å². The Kier molecular flexibility index (Phi) is 7.29. The number of aryl methyl sites for hydroxylation is 1. The Labute approximate surface area is 135 Å². The second kappa shape index (κ2) is 8.24. The first-order chi connectivity index (χ1) is 9.84. The third kappa shape index (κ3) is 4.75. The lowest BCUT2D eigenvalue weighted by atomic mass is 10.1. The highest BCUT2D eigenvalue weighted by Crippen LogP contribution is 2.29. The molecule has 7 heteroatoms. The molecule has 21 heavy (non-hydrogen) atoms. The van der Waals surface area contributed by atoms with Gasteiger partial charge in [-0.05, 0) is 53.5 Å². The van der Waals surface area contributed by atoms with E-state index >= 15 is 0 Å². The van der Waals surface area contributed by atoms with Gasteiger partial charge in [0, 0.05) is 38.3 Å². The Morgan fingerprint density at radius 1 is 1.38 bits per heavy atom. The zero-order valence-electron chi connectivity index (χ0n) is 12.9. The maximum absolute atomic E-state index is 12.7. The van der Waals surface area contributed by atoms with Gasteiger partial charge in [0.1, 0.15) is 0 Å². The van der Waals surface area contributed by atoms with Gasteiger partial charge in [-0.2, -0.15) is 0 Å². The number of methoxy groups -OCH3 is 1. The van der Waals surface area contributed by atoms with Crippen molar-refractivity contribution in [3.05, 3.63) is 27.7 Å². The molecule has 0 unspecified atom stereocenters. The number of halogens is 1. The molecule has 0 radical (unpaired) electrons. The van der Waals surface area contributed by atoms with Crippen molar-refractivity contribution in [2.45, 2.75) is 24.8 Å². The average molecular weight is 379 g/mol. The Balaban J connectivity index is 3.11. The molecule has 0 aliphatic rings. The summed E-state index contributed by atoms with van der Waals surface area (Å²) in [5, 5.41) is 3.04. The minimum Gasteiger partial charge on any atom is -0.385 e. The molecule has 1 aromatic carbocycles. The van der Waals surface area contributed by atoms with Crippen LogP contribution in [0.4, 0.5) is 0 Å². The summed E-state index contributed by atoms with van der Waals surface area (Å²) >= 11 is 3.40. The SMILES string of the molecule is CNCc1cc(C)c(Br)c(S(=O)(=O)N(C)CCCOC)c1. The van der Waals surface area contributed by atoms with E-state index in [4.69, 9.17) is 4.74 Å². The van der Waals surface area contributed by atoms with Crippen LogP contribution in [0.1, 0.15) is 17.5 Å². The van der Waals surface area contributed by atoms with E-state index in [0.29, 0.717) is 35.5 Å². The van der Waals surface area contributed by atoms with Gasteiger partial charge >= 0.3 is 0 Å². The number of ether oxygens (including phenoxy) is 1. The normalized spacial score (nSPS) is 12.1. The summed E-state index contributed by atoms with van der Waals surface area (Å²) in [7, 11) is 1.53. The molecular formula is C14H23BrN2O3S. The predicted molar refractivity (Wildman–Crippen MR) is 88.0 cm³/mol. The summed E-state index contributed by atoms with van der Waals surface area (Å²) in [6.07, 6.45) is 0.666. The lowest BCUT2D eigenvalue weighted by molar-refractivity contribution is 0.189. The predicted octanol–water partition coefficient (Wildman–Crippen LogP) is 2.13. The molecule has 0 aliphatic carbocycles. The van der Waals surface area contributed by atoms with Crippen molar-refractivity contribution in [3.8, 4) is 0 Å². The summed E-state index contributed by atoms with van der Waals surface area (Å²) in [5.41, 5.74) is 1.86. The molecular weight excluding hydrogens is 356 g/mol. The zero-order chi connectivity index (χ0) is 16.0. The van der Waals surface area contributed by atoms with E-state index in [1.165, 1.54) is 4.31 Å². The van der Waals surface area contributed by atoms with Gasteiger partial charge in [0.2, 0.25) is 10.0 Å². The van der Waals surface area contributed by atoms with Crippen LogP contribution in [-0.2, 0) is 21.3 Å². The van der Waals surface area contributed by atoms with Gasteiger partial charge in [-0.1, -0.05) is 6.07 Å². The standard InChI is InChI=1S/C14H23BrN2O3S/c1-11-8-12(10-16-2)9-13(14(11)15)21(18,19)17(3)6-5-7-20-4/h8-9,16H,5-7,10H2,1-4H3. The summed E-state index contributed by atoms with van der Waals surface area (Å²) in [5.74, 6) is 0. The van der Waals surface area contributed by atoms with Gasteiger partial charge < -0.3 is 10.1 Å². The molecule has 1 rings (SSSR count). The Bertz CT molecular complexity index is 576. The molecule has 120 valence electrons. The van der Waals surface area contributed by atoms with Gasteiger partial charge in [-0.15, -0.1) is 0 Å². The minimum absolute atomic E-state index is 0.313. The van der Waals surface area contributed by atoms with Crippen molar-refractivity contribution in [3.63, 3.8) is 0 Å². The first-order valence-electron chi connectivity index (χ1n) is 6.73. The van der Waals surface area contributed by atoms with Crippen molar-refractivity contribution in [2.75, 3.05) is 34.4 Å². The summed E-state index contributed by atoms with van der Waals surface area (Å²) in [4.78, 5) is 0.313. The summed E-state index contributed by atoms with van der Waals surface area (Å²) in [6, 6.07) is 3.69. The van der Waals surface area contributed by atoms with Crippen LogP contribution in [0.25, 0.3) is 0 Å². The van der Waals surface area contributed by atoms with E-state index in [9.17, 15) is 8.42 Å². The highest BCUT2D eigenvalue weighted by molar-refractivity contribution is 9.10. The molecule has 0 fully saturated rings. The molecule has 0 aromatic heterocycles. The van der Waals surface area contributed by atoms with E-state index < -0.39 is 10.0 Å². The first-order valence-corrected chi connectivity index (χ1v) is 8.96. The third-order valence-corrected chi connectivity index (χ3v) is 6.37. The van der Waals surface area contributed by atoms with Crippen LogP contribution >= 0.6 is 15.9 Å². The van der Waals surface area contributed by atoms with Crippen molar-refractivity contribution in [2.24, 2.45) is 0 Å². The highest BCUT2D eigenvalue weighted by Gasteiger charge is 2.24. The van der Waals surface area contributed by atoms with Gasteiger partial charge in [0.25, 0.3) is 0 Å². The molecule has 0 saturated heterocycles. The third-order valence-electron chi connectivity index (χ3n) is 3.17. The molecule has 5 nitrogen and oxygen atoms in total. The van der Waals surface area contributed by atoms with E-state index in [1.807, 2.05) is 20.0 Å². The van der Waals surface area contributed by atoms with Crippen LogP contribution in [0.15, 0.2) is 21.5 Å². The molecule has 0 spiro atoms. The Morgan fingerprint density at radius 3 is 2.62 bits per heavy atom. The van der Waals surface area contributed by atoms with E-state index in [0.717, 1.165) is 11.1 Å². The van der Waals surface area contributed by atoms with Crippen molar-refractivity contribution >= 4 is 26.0 Å². The number of nitrogens with zero attached hydrogens (tertiary/aromatic N) is 1. The molecule has 0 atom stereocenters. The Morgan fingerprint density at radius 2 is 2.05 bits per heavy atom. The largest absolute Gasteiger partial charge is 0.385 e. The lowest BCUT2D eigenvalue weighted by Crippen LogP contribution is -2.29. The Hall–Kier alpha value is -0.470. The van der Waals surface area contributed by atoms with E-state index in [-0.39, 0.29) is 0 Å². The fraction of sp³-hybridized carbons (Fsp3) is 0.571. The second-order valence-electron chi connectivity index (χ2n) is 4.93. The molecule has 0 saturated carbocycles. The van der Waals surface area contributed by atoms with Crippen molar-refractivity contribution < 1.29 is 13.2 Å². The molecule has 1 N–H and O–H groups in total. The first kappa shape index (κ1) is 18.6. The van der Waals surface area contributed by atoms with Gasteiger partial charge in [-0.3, -0.25) is 0 Å². The van der Waals surface area contributed by atoms with Crippen molar-refractivity contribution in [1.82, 2.24) is 9.62 Å². The average Bonchev–Trinajstić information content (AvgIpc) is 2.42. The van der Waals surface area contributed by atoms with E-state index in [1.54, 1.807) is 20.2 Å². The second-order valence-corrected chi connectivity index (χ2v) is 7.73. The van der Waals surface area contributed by atoms with Gasteiger partial charge in [-0.25, -0.2) is 12.7 Å². The van der Waals surface area contributed by atoms with Crippen LogP contribution in [0.5, 0.6) is 0 Å². The summed E-state index contributed by atoms with van der Waals surface area (Å²) in [6.45, 7) is 3.50. The van der Waals surface area contributed by atoms with Crippen LogP contribution in [0, 0.1) is 6.92 Å². The van der Waals surface area contributed by atoms with Crippen molar-refractivity contribution in [1.29, 1.82) is 0 Å². The fourth-order valence-corrected chi connectivity index (χ4v) is 4.26. The number of rotatable bonds is 8. The number of nitrogens with one attached hydrogen (secondary N) is 1. The maximum Gasteiger partial charge on any atom is 0.243 e. The number of sulfonamides is 1. The van der Waals surface area contributed by atoms with Gasteiger partial charge in [0.05, 0.1) is 4.90 Å². The highest BCUT2D eigenvalue weighted by atomic mass is 79.9. The molecule has 0 heterocycles. The number of benzene rings is 1. The molecule has 0 bridgehead atoms.